The predicted octanol–water partition coefficient (Wildman–Crippen LogP) is 6.26. The van der Waals surface area contributed by atoms with Gasteiger partial charge in [-0.3, -0.25) is 19.5 Å². The van der Waals surface area contributed by atoms with E-state index in [1.54, 1.807) is 30.3 Å². The number of aliphatic hydroxyl groups excluding tert-OH is 1. The molecule has 0 radical (unpaired) electrons. The molecular formula is C34H52CrN7O8S-. The van der Waals surface area contributed by atoms with E-state index in [1.165, 1.54) is 96.3 Å². The number of amides is 1. The standard InChI is InChI=1S/C16H14N4O8S.3C6H13N.Cr/c1-9(21)14(16(23)17-10-5-3-2-4-6-10)19-18-12-7-11(20(24)25)8-13(15(12)22)29(26,27)28;3*7-6-4-2-1-3-5-6;/h2-8,21-22H,1H3,(H,17,23)(H,26,27,28);3*6H,1-5,7H2;/p-1. The van der Waals surface area contributed by atoms with E-state index in [9.17, 15) is 33.5 Å². The Morgan fingerprint density at radius 2 is 1.27 bits per heavy atom. The molecule has 0 atom stereocenters. The van der Waals surface area contributed by atoms with E-state index in [2.05, 4.69) is 15.5 Å². The van der Waals surface area contributed by atoms with Gasteiger partial charge >= 0.3 is 0 Å². The number of hydrogen-bond donors (Lipinski definition) is 6. The Labute approximate surface area is 311 Å². The van der Waals surface area contributed by atoms with Crippen LogP contribution in [-0.2, 0) is 32.3 Å². The van der Waals surface area contributed by atoms with Crippen LogP contribution in [-0.4, -0.2) is 47.0 Å². The molecule has 0 aromatic heterocycles. The number of anilines is 1. The Balaban J connectivity index is 0.000000469. The predicted molar refractivity (Wildman–Crippen MR) is 190 cm³/mol. The number of hydrogen-bond acceptors (Lipinski definition) is 12. The first-order chi connectivity index (χ1) is 23.7. The average molecular weight is 771 g/mol. The Kier molecular flexibility index (Phi) is 21.4. The summed E-state index contributed by atoms with van der Waals surface area (Å²) in [5, 5.41) is 41.9. The molecule has 3 fully saturated rings. The molecule has 0 unspecified atom stereocenters. The molecule has 1 amide bonds. The van der Waals surface area contributed by atoms with Gasteiger partial charge in [-0.1, -0.05) is 81.7 Å². The van der Waals surface area contributed by atoms with Crippen LogP contribution in [0.3, 0.4) is 0 Å². The number of aliphatic hydroxyl groups is 1. The van der Waals surface area contributed by atoms with Gasteiger partial charge in [0.05, 0.1) is 15.5 Å². The topological polar surface area (TPSA) is 273 Å². The number of para-hydroxylation sites is 1. The second-order valence-electron chi connectivity index (χ2n) is 12.7. The first kappa shape index (κ1) is 45.6. The Hall–Kier alpha value is -3.43. The largest absolute Gasteiger partial charge is 0.870 e. The molecule has 3 aliphatic carbocycles. The molecule has 0 heterocycles. The number of carbonyl (C=O) groups is 1. The van der Waals surface area contributed by atoms with Crippen molar-refractivity contribution in [2.75, 3.05) is 5.32 Å². The molecular weight excluding hydrogens is 718 g/mol. The summed E-state index contributed by atoms with van der Waals surface area (Å²) in [6, 6.07) is 10.7. The monoisotopic (exact) mass is 770 g/mol. The van der Waals surface area contributed by atoms with Gasteiger partial charge in [-0.25, -0.2) is 0 Å². The smallest absolute Gasteiger partial charge is 0.294 e. The number of azo groups is 1. The molecule has 2 aromatic carbocycles. The summed E-state index contributed by atoms with van der Waals surface area (Å²) in [5.74, 6) is -2.87. The van der Waals surface area contributed by atoms with Crippen molar-refractivity contribution >= 4 is 33.1 Å². The number of nitrogens with zero attached hydrogens (tertiary/aromatic N) is 3. The molecule has 15 nitrogen and oxygen atoms in total. The van der Waals surface area contributed by atoms with E-state index in [0.29, 0.717) is 35.9 Å². The van der Waals surface area contributed by atoms with Crippen molar-refractivity contribution in [3.05, 3.63) is 64.0 Å². The maximum Gasteiger partial charge on any atom is 0.294 e. The van der Waals surface area contributed by atoms with Crippen molar-refractivity contribution < 1.29 is 50.3 Å². The third kappa shape index (κ3) is 18.1. The van der Waals surface area contributed by atoms with Crippen LogP contribution in [0.25, 0.3) is 0 Å². The maximum absolute atomic E-state index is 12.3. The normalized spacial score (nSPS) is 17.5. The van der Waals surface area contributed by atoms with Gasteiger partial charge in [0, 0.05) is 53.3 Å². The number of nitro benzene ring substituents is 1. The van der Waals surface area contributed by atoms with Gasteiger partial charge in [-0.15, -0.1) is 5.11 Å². The quantitative estimate of drug-likeness (QED) is 0.0476. The average Bonchev–Trinajstić information content (AvgIpc) is 3.07. The van der Waals surface area contributed by atoms with Crippen molar-refractivity contribution in [2.24, 2.45) is 27.4 Å². The van der Waals surface area contributed by atoms with Crippen LogP contribution in [0.15, 0.2) is 69.0 Å². The summed E-state index contributed by atoms with van der Waals surface area (Å²) in [6.07, 6.45) is 20.0. The first-order valence-corrected chi connectivity index (χ1v) is 18.5. The number of benzene rings is 2. The van der Waals surface area contributed by atoms with Crippen molar-refractivity contribution in [2.45, 2.75) is 126 Å². The molecule has 0 saturated heterocycles. The van der Waals surface area contributed by atoms with Crippen molar-refractivity contribution in [1.82, 2.24) is 0 Å². The number of nitrogens with two attached hydrogens (primary N) is 3. The molecule has 5 rings (SSSR count). The Morgan fingerprint density at radius 1 is 0.843 bits per heavy atom. The fraction of sp³-hybridized carbons (Fsp3) is 0.559. The van der Waals surface area contributed by atoms with E-state index in [-0.39, 0.29) is 17.4 Å². The number of carbonyl (C=O) groups excluding carboxylic acids is 1. The van der Waals surface area contributed by atoms with Gasteiger partial charge < -0.3 is 32.7 Å². The molecule has 2 aromatic rings. The number of non-ortho nitro benzene ring substituents is 1. The van der Waals surface area contributed by atoms with Crippen LogP contribution in [0.5, 0.6) is 5.75 Å². The zero-order chi connectivity index (χ0) is 37.1. The molecule has 51 heavy (non-hydrogen) atoms. The van der Waals surface area contributed by atoms with Crippen LogP contribution in [0, 0.1) is 10.1 Å². The first-order valence-electron chi connectivity index (χ1n) is 17.1. The summed E-state index contributed by atoms with van der Waals surface area (Å²) in [5.41, 5.74) is 14.9. The van der Waals surface area contributed by atoms with E-state index in [0.717, 1.165) is 6.92 Å². The van der Waals surface area contributed by atoms with Gasteiger partial charge in [0.15, 0.2) is 5.70 Å². The van der Waals surface area contributed by atoms with E-state index in [4.69, 9.17) is 21.8 Å². The van der Waals surface area contributed by atoms with Gasteiger partial charge in [-0.2, -0.15) is 13.5 Å². The summed E-state index contributed by atoms with van der Waals surface area (Å²) in [7, 11) is -5.08. The Morgan fingerprint density at radius 3 is 1.61 bits per heavy atom. The number of allylic oxidation sites excluding steroid dienone is 1. The fourth-order valence-corrected chi connectivity index (χ4v) is 6.05. The maximum atomic E-state index is 12.3. The third-order valence-corrected chi connectivity index (χ3v) is 9.16. The molecule has 0 aliphatic heterocycles. The second-order valence-corrected chi connectivity index (χ2v) is 14.1. The molecule has 0 bridgehead atoms. The zero-order valence-electron chi connectivity index (χ0n) is 29.1. The summed E-state index contributed by atoms with van der Waals surface area (Å²) < 4.78 is 31.7. The second kappa shape index (κ2) is 23.9. The van der Waals surface area contributed by atoms with Crippen molar-refractivity contribution in [3.63, 3.8) is 0 Å². The minimum absolute atomic E-state index is 0. The number of nitrogens with one attached hydrogen (secondary N) is 1. The molecule has 3 saturated carbocycles. The third-order valence-electron chi connectivity index (χ3n) is 8.31. The Bertz CT molecular complexity index is 1480. The van der Waals surface area contributed by atoms with Gasteiger partial charge in [0.2, 0.25) is 0 Å². The van der Waals surface area contributed by atoms with E-state index >= 15 is 0 Å². The van der Waals surface area contributed by atoms with Crippen LogP contribution in [0.1, 0.15) is 103 Å². The number of nitro groups is 1. The fourth-order valence-electron chi connectivity index (χ4n) is 5.44. The van der Waals surface area contributed by atoms with E-state index < -0.39 is 54.4 Å². The van der Waals surface area contributed by atoms with Gasteiger partial charge in [-0.05, 0) is 57.6 Å². The van der Waals surface area contributed by atoms with E-state index in [1.807, 2.05) is 0 Å². The molecule has 3 aliphatic rings. The van der Waals surface area contributed by atoms with Gasteiger partial charge in [0.25, 0.3) is 21.7 Å². The minimum atomic E-state index is -5.08. The molecule has 0 spiro atoms. The van der Waals surface area contributed by atoms with Crippen molar-refractivity contribution in [1.29, 1.82) is 0 Å². The van der Waals surface area contributed by atoms with Crippen LogP contribution in [0.2, 0.25) is 0 Å². The minimum Gasteiger partial charge on any atom is -0.870 e. The van der Waals surface area contributed by atoms with Crippen LogP contribution >= 0.6 is 0 Å². The zero-order valence-corrected chi connectivity index (χ0v) is 31.2. The molecule has 17 heteroatoms. The summed E-state index contributed by atoms with van der Waals surface area (Å²) in [6.45, 7) is 1.11. The SMILES string of the molecule is CC(O)=C(N=Nc1cc([N+](=O)[O-])cc(S(=O)(=O)O)c1[O-])C(=O)Nc1ccccc1.NC1CCCCC1.NC1CCCCC1.NC1CCCCC1.[Cr]. The van der Waals surface area contributed by atoms with Crippen molar-refractivity contribution in [3.8, 4) is 5.75 Å². The molecule has 9 N–H and O–H groups in total. The summed E-state index contributed by atoms with van der Waals surface area (Å²) >= 11 is 0. The number of rotatable bonds is 6. The van der Waals surface area contributed by atoms with Gasteiger partial charge in [0.1, 0.15) is 5.76 Å². The van der Waals surface area contributed by atoms with Crippen LogP contribution < -0.4 is 27.6 Å². The van der Waals surface area contributed by atoms with Crippen LogP contribution in [0.4, 0.5) is 17.1 Å². The molecule has 284 valence electrons. The summed E-state index contributed by atoms with van der Waals surface area (Å²) in [4.78, 5) is 20.9.